The molecule has 1 aliphatic heterocycles. The Morgan fingerprint density at radius 3 is 2.79 bits per heavy atom. The van der Waals surface area contributed by atoms with Crippen LogP contribution < -0.4 is 20.3 Å². The number of nitrogens with one attached hydrogen (secondary N) is 1. The summed E-state index contributed by atoms with van der Waals surface area (Å²) in [4.78, 5) is 30.5. The lowest BCUT2D eigenvalue weighted by molar-refractivity contribution is -0.113. The third kappa shape index (κ3) is 4.67. The number of nitrogens with zero attached hydrogens (tertiary/aromatic N) is 2. The molecule has 33 heavy (non-hydrogen) atoms. The first-order chi connectivity index (χ1) is 16.1. The highest BCUT2D eigenvalue weighted by Gasteiger charge is 2.17. The van der Waals surface area contributed by atoms with E-state index in [2.05, 4.69) is 10.3 Å². The Morgan fingerprint density at radius 2 is 1.91 bits per heavy atom. The Kier molecular flexibility index (Phi) is 5.93. The summed E-state index contributed by atoms with van der Waals surface area (Å²) >= 11 is 7.19. The third-order valence-corrected chi connectivity index (χ3v) is 6.26. The number of rotatable bonds is 6. The number of thioether (sulfide) groups is 1. The standard InChI is InChI=1S/C24H18ClN3O4S/c25-16-4-3-5-17(11-16)26-22(29)13-33-24-27-19-7-2-1-6-18(19)23(30)28(24)12-15-8-9-20-21(10-15)32-14-31-20/h1-11H,12-14H2,(H,26,29). The van der Waals surface area contributed by atoms with Gasteiger partial charge in [0.15, 0.2) is 16.7 Å². The molecule has 0 saturated heterocycles. The van der Waals surface area contributed by atoms with Crippen LogP contribution in [0.4, 0.5) is 5.69 Å². The van der Waals surface area contributed by atoms with Crippen molar-refractivity contribution in [3.05, 3.63) is 87.7 Å². The van der Waals surface area contributed by atoms with Gasteiger partial charge in [0.05, 0.1) is 23.2 Å². The highest BCUT2D eigenvalue weighted by atomic mass is 35.5. The number of carbonyl (C=O) groups is 1. The van der Waals surface area contributed by atoms with E-state index >= 15 is 0 Å². The van der Waals surface area contributed by atoms with Crippen LogP contribution in [0.25, 0.3) is 10.9 Å². The van der Waals surface area contributed by atoms with Gasteiger partial charge in [-0.2, -0.15) is 0 Å². The molecule has 0 bridgehead atoms. The first-order valence-corrected chi connectivity index (χ1v) is 11.5. The number of fused-ring (bicyclic) bond motifs is 2. The van der Waals surface area contributed by atoms with Crippen LogP contribution in [-0.4, -0.2) is 28.0 Å². The van der Waals surface area contributed by atoms with Crippen molar-refractivity contribution in [2.75, 3.05) is 17.9 Å². The zero-order valence-corrected chi connectivity index (χ0v) is 18.9. The molecule has 4 aromatic rings. The predicted molar refractivity (Wildman–Crippen MR) is 128 cm³/mol. The summed E-state index contributed by atoms with van der Waals surface area (Å²) in [5, 5.41) is 4.32. The Balaban J connectivity index is 1.43. The molecule has 166 valence electrons. The highest BCUT2D eigenvalue weighted by molar-refractivity contribution is 7.99. The molecule has 0 spiro atoms. The topological polar surface area (TPSA) is 82.5 Å². The second-order valence-corrected chi connectivity index (χ2v) is 8.72. The number of halogens is 1. The highest BCUT2D eigenvalue weighted by Crippen LogP contribution is 2.33. The summed E-state index contributed by atoms with van der Waals surface area (Å²) < 4.78 is 12.4. The molecule has 0 aliphatic carbocycles. The molecular weight excluding hydrogens is 462 g/mol. The van der Waals surface area contributed by atoms with Gasteiger partial charge in [-0.15, -0.1) is 0 Å². The van der Waals surface area contributed by atoms with Gasteiger partial charge in [-0.3, -0.25) is 14.2 Å². The molecule has 1 amide bonds. The summed E-state index contributed by atoms with van der Waals surface area (Å²) in [5.41, 5.74) is 1.89. The number of amides is 1. The fraction of sp³-hybridized carbons (Fsp3) is 0.125. The van der Waals surface area contributed by atoms with E-state index in [1.807, 2.05) is 30.3 Å². The van der Waals surface area contributed by atoms with Crippen LogP contribution >= 0.6 is 23.4 Å². The van der Waals surface area contributed by atoms with Gasteiger partial charge in [0.1, 0.15) is 0 Å². The lowest BCUT2D eigenvalue weighted by atomic mass is 10.2. The molecule has 3 aromatic carbocycles. The van der Waals surface area contributed by atoms with Gasteiger partial charge in [0.2, 0.25) is 12.7 Å². The molecule has 1 N–H and O–H groups in total. The average Bonchev–Trinajstić information content (AvgIpc) is 3.28. The minimum atomic E-state index is -0.223. The van der Waals surface area contributed by atoms with Crippen molar-refractivity contribution >= 4 is 45.9 Å². The second kappa shape index (κ2) is 9.17. The summed E-state index contributed by atoms with van der Waals surface area (Å²) in [6.45, 7) is 0.463. The van der Waals surface area contributed by atoms with Gasteiger partial charge in [-0.25, -0.2) is 4.98 Å². The largest absolute Gasteiger partial charge is 0.454 e. The monoisotopic (exact) mass is 479 g/mol. The molecule has 1 aliphatic rings. The van der Waals surface area contributed by atoms with E-state index < -0.39 is 0 Å². The van der Waals surface area contributed by atoms with Crippen molar-refractivity contribution in [3.63, 3.8) is 0 Å². The molecule has 1 aromatic heterocycles. The first-order valence-electron chi connectivity index (χ1n) is 10.1. The second-order valence-electron chi connectivity index (χ2n) is 7.34. The zero-order valence-electron chi connectivity index (χ0n) is 17.3. The van der Waals surface area contributed by atoms with Crippen LogP contribution in [0.1, 0.15) is 5.56 Å². The SMILES string of the molecule is O=C(CSc1nc2ccccc2c(=O)n1Cc1ccc2c(c1)OCO2)Nc1cccc(Cl)c1. The summed E-state index contributed by atoms with van der Waals surface area (Å²) in [6, 6.07) is 19.7. The summed E-state index contributed by atoms with van der Waals surface area (Å²) in [6.07, 6.45) is 0. The van der Waals surface area contributed by atoms with Crippen LogP contribution in [0.3, 0.4) is 0 Å². The van der Waals surface area contributed by atoms with Crippen LogP contribution in [0.15, 0.2) is 76.7 Å². The zero-order chi connectivity index (χ0) is 22.8. The van der Waals surface area contributed by atoms with Crippen LogP contribution in [0.5, 0.6) is 11.5 Å². The van der Waals surface area contributed by atoms with Crippen molar-refractivity contribution in [1.82, 2.24) is 9.55 Å². The predicted octanol–water partition coefficient (Wildman–Crippen LogP) is 4.56. The quantitative estimate of drug-likeness (QED) is 0.322. The number of para-hydroxylation sites is 1. The molecule has 5 rings (SSSR count). The fourth-order valence-corrected chi connectivity index (χ4v) is 4.50. The molecular formula is C24H18ClN3O4S. The molecule has 9 heteroatoms. The molecule has 0 saturated carbocycles. The average molecular weight is 480 g/mol. The Labute approximate surface area is 198 Å². The van der Waals surface area contributed by atoms with Crippen molar-refractivity contribution < 1.29 is 14.3 Å². The Hall–Kier alpha value is -3.49. The number of hydrogen-bond donors (Lipinski definition) is 1. The van der Waals surface area contributed by atoms with Crippen LogP contribution in [0, 0.1) is 0 Å². The van der Waals surface area contributed by atoms with Crippen molar-refractivity contribution in [2.24, 2.45) is 0 Å². The Morgan fingerprint density at radius 1 is 1.06 bits per heavy atom. The number of hydrogen-bond acceptors (Lipinski definition) is 6. The van der Waals surface area contributed by atoms with Gasteiger partial charge in [0, 0.05) is 10.7 Å². The molecule has 2 heterocycles. The normalized spacial score (nSPS) is 12.2. The molecule has 0 unspecified atom stereocenters. The van der Waals surface area contributed by atoms with Gasteiger partial charge >= 0.3 is 0 Å². The van der Waals surface area contributed by atoms with E-state index in [9.17, 15) is 9.59 Å². The lowest BCUT2D eigenvalue weighted by Gasteiger charge is -2.14. The van der Waals surface area contributed by atoms with E-state index in [0.29, 0.717) is 38.3 Å². The van der Waals surface area contributed by atoms with Crippen molar-refractivity contribution in [2.45, 2.75) is 11.7 Å². The third-order valence-electron chi connectivity index (χ3n) is 5.05. The lowest BCUT2D eigenvalue weighted by Crippen LogP contribution is -2.25. The van der Waals surface area contributed by atoms with Gasteiger partial charge < -0.3 is 14.8 Å². The smallest absolute Gasteiger partial charge is 0.262 e. The number of anilines is 1. The Bertz CT molecular complexity index is 1420. The van der Waals surface area contributed by atoms with Gasteiger partial charge in [-0.1, -0.05) is 47.6 Å². The van der Waals surface area contributed by atoms with E-state index in [4.69, 9.17) is 21.1 Å². The number of ether oxygens (including phenoxy) is 2. The molecule has 0 radical (unpaired) electrons. The molecule has 0 atom stereocenters. The minimum absolute atomic E-state index is 0.0818. The maximum Gasteiger partial charge on any atom is 0.262 e. The van der Waals surface area contributed by atoms with E-state index in [1.54, 1.807) is 41.0 Å². The minimum Gasteiger partial charge on any atom is -0.454 e. The summed E-state index contributed by atoms with van der Waals surface area (Å²) in [5.74, 6) is 1.18. The molecule has 0 fully saturated rings. The van der Waals surface area contributed by atoms with Crippen molar-refractivity contribution in [3.8, 4) is 11.5 Å². The van der Waals surface area contributed by atoms with Crippen LogP contribution in [0.2, 0.25) is 5.02 Å². The van der Waals surface area contributed by atoms with E-state index in [1.165, 1.54) is 11.8 Å². The van der Waals surface area contributed by atoms with Crippen LogP contribution in [-0.2, 0) is 11.3 Å². The van der Waals surface area contributed by atoms with Crippen molar-refractivity contribution in [1.29, 1.82) is 0 Å². The maximum atomic E-state index is 13.3. The van der Waals surface area contributed by atoms with E-state index in [0.717, 1.165) is 5.56 Å². The summed E-state index contributed by atoms with van der Waals surface area (Å²) in [7, 11) is 0. The van der Waals surface area contributed by atoms with E-state index in [-0.39, 0.29) is 30.6 Å². The fourth-order valence-electron chi connectivity index (χ4n) is 3.51. The number of aromatic nitrogens is 2. The number of benzene rings is 3. The number of carbonyl (C=O) groups excluding carboxylic acids is 1. The van der Waals surface area contributed by atoms with Gasteiger partial charge in [0.25, 0.3) is 5.56 Å². The molecule has 7 nitrogen and oxygen atoms in total. The first kappa shape index (κ1) is 21.4. The maximum absolute atomic E-state index is 13.3. The van der Waals surface area contributed by atoms with Gasteiger partial charge in [-0.05, 0) is 48.0 Å².